The zero-order valence-corrected chi connectivity index (χ0v) is 11.6. The average molecular weight is 303 g/mol. The van der Waals surface area contributed by atoms with E-state index in [9.17, 15) is 15.2 Å². The molecule has 1 rings (SSSR count). The highest BCUT2D eigenvalue weighted by Crippen LogP contribution is 2.31. The fourth-order valence-electron chi connectivity index (χ4n) is 1.62. The number of likely N-dealkylation sites (N-methyl/N-ethyl adjacent to an activating group) is 1. The number of hydrogen-bond donors (Lipinski definition) is 1. The molecule has 0 radical (unpaired) electrons. The largest absolute Gasteiger partial charge is 0.389 e. The van der Waals surface area contributed by atoms with Crippen molar-refractivity contribution in [1.29, 1.82) is 0 Å². The Bertz CT molecular complexity index is 429. The molecule has 17 heavy (non-hydrogen) atoms. The van der Waals surface area contributed by atoms with Crippen molar-refractivity contribution >= 4 is 27.3 Å². The van der Waals surface area contributed by atoms with E-state index in [4.69, 9.17) is 0 Å². The van der Waals surface area contributed by atoms with Crippen molar-refractivity contribution in [2.45, 2.75) is 19.4 Å². The monoisotopic (exact) mass is 302 g/mol. The van der Waals surface area contributed by atoms with Gasteiger partial charge in [-0.1, -0.05) is 15.9 Å². The highest BCUT2D eigenvalue weighted by atomic mass is 79.9. The van der Waals surface area contributed by atoms with E-state index in [2.05, 4.69) is 15.9 Å². The molecule has 0 bridgehead atoms. The summed E-state index contributed by atoms with van der Waals surface area (Å²) in [6.45, 7) is 3.63. The van der Waals surface area contributed by atoms with Crippen molar-refractivity contribution in [3.63, 3.8) is 0 Å². The summed E-state index contributed by atoms with van der Waals surface area (Å²) in [5.74, 6) is 0. The lowest BCUT2D eigenvalue weighted by Gasteiger charge is -2.27. The SMILES string of the molecule is CN(CC(C)(C)O)c1cc(Br)ccc1[N+](=O)[O-]. The highest BCUT2D eigenvalue weighted by molar-refractivity contribution is 9.10. The third-order valence-corrected chi connectivity index (χ3v) is 2.66. The zero-order valence-electron chi connectivity index (χ0n) is 9.98. The fourth-order valence-corrected chi connectivity index (χ4v) is 1.97. The van der Waals surface area contributed by atoms with E-state index in [0.717, 1.165) is 4.47 Å². The molecule has 94 valence electrons. The van der Waals surface area contributed by atoms with Crippen LogP contribution in [0.5, 0.6) is 0 Å². The Morgan fingerprint density at radius 2 is 2.12 bits per heavy atom. The Labute approximate surface area is 108 Å². The normalized spacial score (nSPS) is 11.4. The van der Waals surface area contributed by atoms with E-state index < -0.39 is 10.5 Å². The van der Waals surface area contributed by atoms with Crippen molar-refractivity contribution in [3.05, 3.63) is 32.8 Å². The molecule has 0 saturated heterocycles. The minimum atomic E-state index is -0.912. The minimum Gasteiger partial charge on any atom is -0.389 e. The maximum Gasteiger partial charge on any atom is 0.292 e. The maximum absolute atomic E-state index is 10.9. The molecule has 0 aliphatic carbocycles. The number of nitrogens with zero attached hydrogens (tertiary/aromatic N) is 2. The molecular formula is C11H15BrN2O3. The summed E-state index contributed by atoms with van der Waals surface area (Å²) >= 11 is 3.28. The molecule has 0 amide bonds. The quantitative estimate of drug-likeness (QED) is 0.686. The summed E-state index contributed by atoms with van der Waals surface area (Å²) in [5, 5.41) is 20.6. The molecule has 6 heteroatoms. The molecule has 1 aromatic rings. The first-order valence-electron chi connectivity index (χ1n) is 5.08. The van der Waals surface area contributed by atoms with E-state index in [1.807, 2.05) is 0 Å². The Morgan fingerprint density at radius 3 is 2.59 bits per heavy atom. The van der Waals surface area contributed by atoms with Crippen LogP contribution in [0.4, 0.5) is 11.4 Å². The summed E-state index contributed by atoms with van der Waals surface area (Å²) in [4.78, 5) is 12.1. The summed E-state index contributed by atoms with van der Waals surface area (Å²) in [7, 11) is 1.72. The van der Waals surface area contributed by atoms with Crippen LogP contribution >= 0.6 is 15.9 Å². The van der Waals surface area contributed by atoms with Gasteiger partial charge in [-0.25, -0.2) is 0 Å². The Balaban J connectivity index is 3.10. The number of hydrogen-bond acceptors (Lipinski definition) is 4. The smallest absolute Gasteiger partial charge is 0.292 e. The van der Waals surface area contributed by atoms with Crippen molar-refractivity contribution in [2.75, 3.05) is 18.5 Å². The summed E-state index contributed by atoms with van der Waals surface area (Å²) in [6.07, 6.45) is 0. The molecule has 0 heterocycles. The molecule has 0 aromatic heterocycles. The summed E-state index contributed by atoms with van der Waals surface area (Å²) < 4.78 is 0.765. The highest BCUT2D eigenvalue weighted by Gasteiger charge is 2.22. The maximum atomic E-state index is 10.9. The van der Waals surface area contributed by atoms with E-state index in [1.54, 1.807) is 37.9 Å². The lowest BCUT2D eigenvalue weighted by molar-refractivity contribution is -0.384. The van der Waals surface area contributed by atoms with Gasteiger partial charge in [0.2, 0.25) is 0 Å². The fraction of sp³-hybridized carbons (Fsp3) is 0.455. The van der Waals surface area contributed by atoms with Gasteiger partial charge in [0.15, 0.2) is 0 Å². The second-order valence-electron chi connectivity index (χ2n) is 4.56. The van der Waals surface area contributed by atoms with Crippen LogP contribution in [0.25, 0.3) is 0 Å². The molecule has 1 N–H and O–H groups in total. The van der Waals surface area contributed by atoms with Gasteiger partial charge in [0.05, 0.1) is 10.5 Å². The van der Waals surface area contributed by atoms with Crippen molar-refractivity contribution in [3.8, 4) is 0 Å². The number of anilines is 1. The van der Waals surface area contributed by atoms with Crippen LogP contribution in [0.3, 0.4) is 0 Å². The molecule has 0 spiro atoms. The Hall–Kier alpha value is -1.14. The predicted molar refractivity (Wildman–Crippen MR) is 70.4 cm³/mol. The molecule has 5 nitrogen and oxygen atoms in total. The van der Waals surface area contributed by atoms with E-state index in [0.29, 0.717) is 12.2 Å². The van der Waals surface area contributed by atoms with Gasteiger partial charge in [-0.05, 0) is 26.0 Å². The van der Waals surface area contributed by atoms with Gasteiger partial charge in [-0.15, -0.1) is 0 Å². The van der Waals surface area contributed by atoms with Gasteiger partial charge in [-0.2, -0.15) is 0 Å². The van der Waals surface area contributed by atoms with E-state index >= 15 is 0 Å². The predicted octanol–water partition coefficient (Wildman–Crippen LogP) is 2.56. The van der Waals surface area contributed by atoms with Gasteiger partial charge in [0, 0.05) is 24.1 Å². The molecule has 0 fully saturated rings. The number of halogens is 1. The van der Waals surface area contributed by atoms with Crippen molar-refractivity contribution in [2.24, 2.45) is 0 Å². The minimum absolute atomic E-state index is 0.0277. The van der Waals surface area contributed by atoms with Crippen LogP contribution in [-0.4, -0.2) is 29.2 Å². The molecule has 0 unspecified atom stereocenters. The number of benzene rings is 1. The third-order valence-electron chi connectivity index (χ3n) is 2.17. The first-order chi connectivity index (χ1) is 7.70. The van der Waals surface area contributed by atoms with Crippen molar-refractivity contribution < 1.29 is 10.0 Å². The van der Waals surface area contributed by atoms with Crippen molar-refractivity contribution in [1.82, 2.24) is 0 Å². The Kier molecular flexibility index (Phi) is 4.11. The Morgan fingerprint density at radius 1 is 1.53 bits per heavy atom. The number of aliphatic hydroxyl groups is 1. The van der Waals surface area contributed by atoms with Gasteiger partial charge in [-0.3, -0.25) is 10.1 Å². The third kappa shape index (κ3) is 3.98. The van der Waals surface area contributed by atoms with Crippen LogP contribution in [0, 0.1) is 10.1 Å². The van der Waals surface area contributed by atoms with Crippen LogP contribution in [-0.2, 0) is 0 Å². The van der Waals surface area contributed by atoms with Gasteiger partial charge >= 0.3 is 0 Å². The topological polar surface area (TPSA) is 66.6 Å². The first-order valence-corrected chi connectivity index (χ1v) is 5.87. The van der Waals surface area contributed by atoms with Gasteiger partial charge in [0.1, 0.15) is 5.69 Å². The standard InChI is InChI=1S/C11H15BrN2O3/c1-11(2,15)7-13(3)10-6-8(12)4-5-9(10)14(16)17/h4-6,15H,7H2,1-3H3. The molecule has 0 saturated carbocycles. The second kappa shape index (κ2) is 5.01. The second-order valence-corrected chi connectivity index (χ2v) is 5.47. The molecule has 0 aliphatic heterocycles. The van der Waals surface area contributed by atoms with E-state index in [1.165, 1.54) is 6.07 Å². The van der Waals surface area contributed by atoms with Crippen LogP contribution < -0.4 is 4.90 Å². The summed E-state index contributed by atoms with van der Waals surface area (Å²) in [6, 6.07) is 4.74. The molecular weight excluding hydrogens is 288 g/mol. The van der Waals surface area contributed by atoms with Crippen LogP contribution in [0.1, 0.15) is 13.8 Å². The summed E-state index contributed by atoms with van der Waals surface area (Å²) in [5.41, 5.74) is -0.406. The average Bonchev–Trinajstić information content (AvgIpc) is 2.14. The van der Waals surface area contributed by atoms with E-state index in [-0.39, 0.29) is 5.69 Å². The lowest BCUT2D eigenvalue weighted by atomic mass is 10.1. The van der Waals surface area contributed by atoms with Crippen LogP contribution in [0.15, 0.2) is 22.7 Å². The number of nitro groups is 1. The molecule has 1 aromatic carbocycles. The van der Waals surface area contributed by atoms with Gasteiger partial charge in [0.25, 0.3) is 5.69 Å². The zero-order chi connectivity index (χ0) is 13.2. The van der Waals surface area contributed by atoms with Crippen LogP contribution in [0.2, 0.25) is 0 Å². The number of nitro benzene ring substituents is 1. The van der Waals surface area contributed by atoms with Gasteiger partial charge < -0.3 is 10.0 Å². The lowest BCUT2D eigenvalue weighted by Crippen LogP contribution is -2.36. The molecule has 0 atom stereocenters. The number of rotatable bonds is 4. The molecule has 0 aliphatic rings. The first kappa shape index (κ1) is 13.9.